The van der Waals surface area contributed by atoms with Gasteiger partial charge in [-0.2, -0.15) is 0 Å². The van der Waals surface area contributed by atoms with Crippen molar-refractivity contribution in [2.24, 2.45) is 0 Å². The molecule has 1 saturated heterocycles. The second kappa shape index (κ2) is 6.66. The molecule has 3 aromatic rings. The van der Waals surface area contributed by atoms with Crippen LogP contribution in [0.4, 0.5) is 0 Å². The van der Waals surface area contributed by atoms with E-state index in [-0.39, 0.29) is 18.6 Å². The van der Waals surface area contributed by atoms with E-state index in [1.54, 1.807) is 17.4 Å². The van der Waals surface area contributed by atoms with E-state index in [9.17, 15) is 4.79 Å². The molecule has 4 nitrogen and oxygen atoms in total. The van der Waals surface area contributed by atoms with Crippen LogP contribution in [0.3, 0.4) is 0 Å². The molecule has 0 spiro atoms. The minimum Gasteiger partial charge on any atom is -0.488 e. The topological polar surface area (TPSA) is 42.4 Å². The number of fused-ring (bicyclic) bond motifs is 2. The van der Waals surface area contributed by atoms with Gasteiger partial charge in [-0.05, 0) is 49.2 Å². The lowest BCUT2D eigenvalue weighted by molar-refractivity contribution is -0.128. The maximum absolute atomic E-state index is 13.2. The number of nitrogens with zero attached hydrogens (tertiary/aromatic N) is 2. The highest BCUT2D eigenvalue weighted by molar-refractivity contribution is 7.18. The Morgan fingerprint density at radius 1 is 1.26 bits per heavy atom. The molecule has 0 radical (unpaired) electrons. The molecule has 1 fully saturated rings. The van der Waals surface area contributed by atoms with E-state index in [1.807, 2.05) is 41.3 Å². The fraction of sp³-hybridized carbons (Fsp3) is 0.238. The molecule has 0 saturated carbocycles. The molecule has 1 aromatic heterocycles. The lowest BCUT2D eigenvalue weighted by Crippen LogP contribution is -2.33. The van der Waals surface area contributed by atoms with E-state index >= 15 is 0 Å². The summed E-state index contributed by atoms with van der Waals surface area (Å²) in [5, 5.41) is 1.65. The second-order valence-corrected chi connectivity index (χ2v) is 8.32. The predicted molar refractivity (Wildman–Crippen MR) is 108 cm³/mol. The average molecular weight is 397 g/mol. The molecule has 0 aliphatic carbocycles. The molecule has 2 aliphatic heterocycles. The Morgan fingerprint density at radius 2 is 2.15 bits per heavy atom. The maximum Gasteiger partial charge on any atom is 0.253 e. The number of ether oxygens (including phenoxy) is 1. The second-order valence-electron chi connectivity index (χ2n) is 6.82. The molecule has 3 heterocycles. The number of carbonyl (C=O) groups is 1. The van der Waals surface area contributed by atoms with Gasteiger partial charge in [0.15, 0.2) is 0 Å². The number of hydrogen-bond acceptors (Lipinski definition) is 4. The molecule has 2 aromatic carbocycles. The van der Waals surface area contributed by atoms with Crippen LogP contribution in [0, 0.1) is 0 Å². The van der Waals surface area contributed by atoms with Gasteiger partial charge in [0.1, 0.15) is 17.4 Å². The first-order valence-electron chi connectivity index (χ1n) is 8.98. The molecular formula is C21H17ClN2O2S. The molecule has 2 aliphatic rings. The summed E-state index contributed by atoms with van der Waals surface area (Å²) in [4.78, 5) is 19.9. The third-order valence-electron chi connectivity index (χ3n) is 5.07. The van der Waals surface area contributed by atoms with Crippen LogP contribution in [-0.4, -0.2) is 28.9 Å². The number of thiazole rings is 1. The van der Waals surface area contributed by atoms with Crippen LogP contribution < -0.4 is 4.74 Å². The number of likely N-dealkylation sites (tertiary alicyclic amines) is 1. The maximum atomic E-state index is 13.2. The largest absolute Gasteiger partial charge is 0.488 e. The van der Waals surface area contributed by atoms with Crippen molar-refractivity contribution in [1.82, 2.24) is 9.88 Å². The van der Waals surface area contributed by atoms with Crippen molar-refractivity contribution in [2.75, 3.05) is 13.2 Å². The molecule has 27 heavy (non-hydrogen) atoms. The SMILES string of the molecule is O=C(C1=Cc2cc(Cl)ccc2OC1)N1CCC[C@H]1c1nc2ccccc2s1. The van der Waals surface area contributed by atoms with Gasteiger partial charge < -0.3 is 9.64 Å². The molecule has 6 heteroatoms. The first-order valence-corrected chi connectivity index (χ1v) is 10.2. The van der Waals surface area contributed by atoms with Gasteiger partial charge in [-0.25, -0.2) is 4.98 Å². The van der Waals surface area contributed by atoms with Crippen LogP contribution in [0.5, 0.6) is 5.75 Å². The summed E-state index contributed by atoms with van der Waals surface area (Å²) in [6, 6.07) is 13.6. The molecular weight excluding hydrogens is 380 g/mol. The van der Waals surface area contributed by atoms with E-state index in [0.29, 0.717) is 10.6 Å². The first kappa shape index (κ1) is 16.8. The number of hydrogen-bond donors (Lipinski definition) is 0. The highest BCUT2D eigenvalue weighted by atomic mass is 35.5. The van der Waals surface area contributed by atoms with Gasteiger partial charge in [0.25, 0.3) is 5.91 Å². The first-order chi connectivity index (χ1) is 13.2. The standard InChI is InChI=1S/C21H17ClN2O2S/c22-15-7-8-18-13(11-15)10-14(12-26-18)21(25)24-9-3-5-17(24)20-23-16-4-1-2-6-19(16)27-20/h1-2,4,6-8,10-11,17H,3,5,9,12H2/t17-/m0/s1. The van der Waals surface area contributed by atoms with Crippen molar-refractivity contribution in [1.29, 1.82) is 0 Å². The van der Waals surface area contributed by atoms with Gasteiger partial charge in [-0.3, -0.25) is 4.79 Å². The van der Waals surface area contributed by atoms with Crippen LogP contribution >= 0.6 is 22.9 Å². The van der Waals surface area contributed by atoms with Crippen molar-refractivity contribution in [3.8, 4) is 5.75 Å². The molecule has 0 bridgehead atoms. The quantitative estimate of drug-likeness (QED) is 0.606. The number of benzene rings is 2. The summed E-state index contributed by atoms with van der Waals surface area (Å²) < 4.78 is 6.94. The summed E-state index contributed by atoms with van der Waals surface area (Å²) in [5.41, 5.74) is 2.52. The molecule has 0 unspecified atom stereocenters. The van der Waals surface area contributed by atoms with Gasteiger partial charge in [0, 0.05) is 17.1 Å². The Balaban J connectivity index is 1.45. The summed E-state index contributed by atoms with van der Waals surface area (Å²) >= 11 is 7.77. The zero-order valence-corrected chi connectivity index (χ0v) is 16.1. The summed E-state index contributed by atoms with van der Waals surface area (Å²) in [6.07, 6.45) is 3.84. The molecule has 1 amide bonds. The molecule has 0 N–H and O–H groups in total. The average Bonchev–Trinajstić information content (AvgIpc) is 3.33. The van der Waals surface area contributed by atoms with Crippen molar-refractivity contribution in [3.05, 3.63) is 63.6 Å². The normalized spacial score (nSPS) is 18.9. The van der Waals surface area contributed by atoms with E-state index in [2.05, 4.69) is 6.07 Å². The minimum atomic E-state index is 0.0300. The zero-order valence-electron chi connectivity index (χ0n) is 14.5. The van der Waals surface area contributed by atoms with Crippen molar-refractivity contribution in [3.63, 3.8) is 0 Å². The van der Waals surface area contributed by atoms with E-state index in [4.69, 9.17) is 21.3 Å². The van der Waals surface area contributed by atoms with Gasteiger partial charge in [-0.15, -0.1) is 11.3 Å². The fourth-order valence-electron chi connectivity index (χ4n) is 3.76. The highest BCUT2D eigenvalue weighted by Crippen LogP contribution is 2.38. The summed E-state index contributed by atoms with van der Waals surface area (Å²) in [7, 11) is 0. The van der Waals surface area contributed by atoms with Crippen LogP contribution in [0.1, 0.15) is 29.5 Å². The minimum absolute atomic E-state index is 0.0300. The van der Waals surface area contributed by atoms with E-state index < -0.39 is 0 Å². The number of amides is 1. The Morgan fingerprint density at radius 3 is 3.04 bits per heavy atom. The van der Waals surface area contributed by atoms with Gasteiger partial charge in [-0.1, -0.05) is 23.7 Å². The Hall–Kier alpha value is -2.37. The fourth-order valence-corrected chi connectivity index (χ4v) is 5.05. The number of rotatable bonds is 2. The van der Waals surface area contributed by atoms with Crippen molar-refractivity contribution in [2.45, 2.75) is 18.9 Å². The number of halogens is 1. The van der Waals surface area contributed by atoms with Crippen molar-refractivity contribution < 1.29 is 9.53 Å². The van der Waals surface area contributed by atoms with Crippen LogP contribution in [0.15, 0.2) is 48.0 Å². The van der Waals surface area contributed by atoms with Gasteiger partial charge in [0.05, 0.1) is 21.8 Å². The van der Waals surface area contributed by atoms with Crippen LogP contribution in [0.2, 0.25) is 5.02 Å². The highest BCUT2D eigenvalue weighted by Gasteiger charge is 2.34. The Kier molecular flexibility index (Phi) is 4.14. The zero-order chi connectivity index (χ0) is 18.4. The van der Waals surface area contributed by atoms with Crippen LogP contribution in [0.25, 0.3) is 16.3 Å². The third-order valence-corrected chi connectivity index (χ3v) is 6.44. The molecule has 136 valence electrons. The van der Waals surface area contributed by atoms with Crippen LogP contribution in [-0.2, 0) is 4.79 Å². The lowest BCUT2D eigenvalue weighted by Gasteiger charge is -2.26. The van der Waals surface area contributed by atoms with E-state index in [1.165, 1.54) is 0 Å². The Bertz CT molecular complexity index is 1040. The Labute approximate surface area is 166 Å². The lowest BCUT2D eigenvalue weighted by atomic mass is 10.1. The monoisotopic (exact) mass is 396 g/mol. The number of aromatic nitrogens is 1. The summed E-state index contributed by atoms with van der Waals surface area (Å²) in [5.74, 6) is 0.794. The molecule has 5 rings (SSSR count). The number of carbonyl (C=O) groups excluding carboxylic acids is 1. The number of para-hydroxylation sites is 1. The van der Waals surface area contributed by atoms with Crippen molar-refractivity contribution >= 4 is 45.1 Å². The predicted octanol–water partition coefficient (Wildman–Crippen LogP) is 5.09. The van der Waals surface area contributed by atoms with Gasteiger partial charge in [0.2, 0.25) is 0 Å². The smallest absolute Gasteiger partial charge is 0.253 e. The molecule has 1 atom stereocenters. The van der Waals surface area contributed by atoms with E-state index in [0.717, 1.165) is 45.9 Å². The third kappa shape index (κ3) is 3.01. The van der Waals surface area contributed by atoms with Gasteiger partial charge >= 0.3 is 0 Å². The summed E-state index contributed by atoms with van der Waals surface area (Å²) in [6.45, 7) is 1.04.